The van der Waals surface area contributed by atoms with Gasteiger partial charge in [0.05, 0.1) is 11.4 Å². The predicted octanol–water partition coefficient (Wildman–Crippen LogP) is 0.527. The first-order valence-electron chi connectivity index (χ1n) is 5.53. The van der Waals surface area contributed by atoms with E-state index < -0.39 is 22.1 Å². The molecule has 8 nitrogen and oxygen atoms in total. The minimum Gasteiger partial charge on any atom is -0.479 e. The summed E-state index contributed by atoms with van der Waals surface area (Å²) in [7, 11) is -3.83. The second-order valence-electron chi connectivity index (χ2n) is 3.93. The van der Waals surface area contributed by atoms with Gasteiger partial charge in [-0.25, -0.2) is 17.9 Å². The number of nitrogens with one attached hydrogen (secondary N) is 1. The minimum atomic E-state index is -3.83. The van der Waals surface area contributed by atoms with E-state index in [0.29, 0.717) is 5.69 Å². The molecule has 0 amide bonds. The lowest BCUT2D eigenvalue weighted by molar-refractivity contribution is -0.146. The fourth-order valence-electron chi connectivity index (χ4n) is 1.53. The van der Waals surface area contributed by atoms with Crippen molar-refractivity contribution in [3.63, 3.8) is 0 Å². The lowest BCUT2D eigenvalue weighted by Crippen LogP contribution is -2.30. The fourth-order valence-corrected chi connectivity index (χ4v) is 3.34. The highest BCUT2D eigenvalue weighted by molar-refractivity contribution is 7.89. The summed E-state index contributed by atoms with van der Waals surface area (Å²) in [6.07, 6.45) is -1.82. The van der Waals surface area contributed by atoms with E-state index in [9.17, 15) is 13.2 Å². The number of sulfonamides is 1. The molecular formula is C10H11N3O5S2. The van der Waals surface area contributed by atoms with Gasteiger partial charge in [-0.15, -0.1) is 0 Å². The predicted molar refractivity (Wildman–Crippen MR) is 71.4 cm³/mol. The zero-order valence-electron chi connectivity index (χ0n) is 10.1. The van der Waals surface area contributed by atoms with Crippen molar-refractivity contribution in [1.29, 1.82) is 0 Å². The van der Waals surface area contributed by atoms with Crippen molar-refractivity contribution in [2.45, 2.75) is 17.4 Å². The molecule has 1 unspecified atom stereocenters. The number of fused-ring (bicyclic) bond motifs is 1. The fraction of sp³-hybridized carbons (Fsp3) is 0.300. The van der Waals surface area contributed by atoms with E-state index in [-0.39, 0.29) is 23.5 Å². The molecule has 1 aliphatic rings. The van der Waals surface area contributed by atoms with Crippen LogP contribution in [-0.4, -0.2) is 37.2 Å². The topological polar surface area (TPSA) is 128 Å². The minimum absolute atomic E-state index is 0.0198. The quantitative estimate of drug-likeness (QED) is 0.715. The molecule has 10 heteroatoms. The molecule has 1 heterocycles. The van der Waals surface area contributed by atoms with Crippen LogP contribution in [0, 0.1) is 0 Å². The molecule has 0 saturated heterocycles. The molecule has 1 aliphatic heterocycles. The van der Waals surface area contributed by atoms with Crippen molar-refractivity contribution in [3.05, 3.63) is 18.2 Å². The number of carbonyl (C=O) groups is 1. The van der Waals surface area contributed by atoms with Crippen molar-refractivity contribution < 1.29 is 23.4 Å². The number of aliphatic hydroxyl groups is 1. The largest absolute Gasteiger partial charge is 0.479 e. The number of hydrogen-bond acceptors (Lipinski definition) is 6. The second kappa shape index (κ2) is 5.79. The maximum absolute atomic E-state index is 12.1. The summed E-state index contributed by atoms with van der Waals surface area (Å²) in [5.41, 5.74) is 0.743. The van der Waals surface area contributed by atoms with Crippen LogP contribution in [-0.2, 0) is 26.2 Å². The molecule has 0 bridgehead atoms. The van der Waals surface area contributed by atoms with Gasteiger partial charge in [-0.05, 0) is 18.6 Å². The van der Waals surface area contributed by atoms with E-state index in [2.05, 4.69) is 13.4 Å². The summed E-state index contributed by atoms with van der Waals surface area (Å²) in [6.45, 7) is -0.191. The van der Waals surface area contributed by atoms with Crippen LogP contribution < -0.4 is 4.72 Å². The Labute approximate surface area is 118 Å². The summed E-state index contributed by atoms with van der Waals surface area (Å²) in [5, 5.41) is 17.6. The van der Waals surface area contributed by atoms with Gasteiger partial charge in [-0.2, -0.15) is 8.73 Å². The van der Waals surface area contributed by atoms with Gasteiger partial charge >= 0.3 is 5.97 Å². The highest BCUT2D eigenvalue weighted by Crippen LogP contribution is 2.37. The van der Waals surface area contributed by atoms with E-state index in [1.54, 1.807) is 12.1 Å². The van der Waals surface area contributed by atoms with Gasteiger partial charge < -0.3 is 10.2 Å². The van der Waals surface area contributed by atoms with Gasteiger partial charge in [0.1, 0.15) is 16.3 Å². The lowest BCUT2D eigenvalue weighted by atomic mass is 10.3. The molecule has 0 radical (unpaired) electrons. The summed E-state index contributed by atoms with van der Waals surface area (Å²) < 4.78 is 34.3. The van der Waals surface area contributed by atoms with Gasteiger partial charge in [0.2, 0.25) is 10.0 Å². The first kappa shape index (κ1) is 14.8. The Hall–Kier alpha value is -1.62. The van der Waals surface area contributed by atoms with E-state index in [1.165, 1.54) is 6.07 Å². The molecule has 1 aromatic carbocycles. The van der Waals surface area contributed by atoms with Crippen LogP contribution in [0.25, 0.3) is 0 Å². The van der Waals surface area contributed by atoms with Crippen LogP contribution in [0.1, 0.15) is 6.42 Å². The van der Waals surface area contributed by atoms with Gasteiger partial charge in [0.25, 0.3) is 0 Å². The molecule has 0 fully saturated rings. The third-order valence-electron chi connectivity index (χ3n) is 2.53. The standard InChI is InChI=1S/C10H11N3O5S2/c14-7(10(15)16)4-5-11-20(17,18)8-3-1-2-6-9(8)13-19-12-6/h1-3,7,11,14H,4-5H2,(H,15,16). The Balaban J connectivity index is 2.11. The maximum atomic E-state index is 12.1. The van der Waals surface area contributed by atoms with Gasteiger partial charge in [-0.1, -0.05) is 6.07 Å². The number of nitrogens with zero attached hydrogens (tertiary/aromatic N) is 2. The van der Waals surface area contributed by atoms with Crippen molar-refractivity contribution in [3.8, 4) is 0 Å². The van der Waals surface area contributed by atoms with Crippen LogP contribution >= 0.6 is 0 Å². The zero-order chi connectivity index (χ0) is 14.8. The SMILES string of the molecule is O=C(O)C(O)CCNS(=O)(=O)c1cccc2c1N=S=N2. The molecule has 20 heavy (non-hydrogen) atoms. The molecule has 1 aromatic rings. The second-order valence-corrected chi connectivity index (χ2v) is 6.19. The van der Waals surface area contributed by atoms with Crippen molar-refractivity contribution in [2.24, 2.45) is 8.73 Å². The number of benzene rings is 1. The number of carboxylic acids is 1. The highest BCUT2D eigenvalue weighted by Gasteiger charge is 2.22. The summed E-state index contributed by atoms with van der Waals surface area (Å²) >= 11 is 0.906. The Morgan fingerprint density at radius 3 is 2.85 bits per heavy atom. The zero-order valence-corrected chi connectivity index (χ0v) is 11.7. The molecule has 0 aliphatic carbocycles. The Kier molecular flexibility index (Phi) is 4.28. The molecule has 108 valence electrons. The number of rotatable bonds is 6. The summed E-state index contributed by atoms with van der Waals surface area (Å²) in [4.78, 5) is 10.4. The lowest BCUT2D eigenvalue weighted by Gasteiger charge is -2.09. The third-order valence-corrected chi connectivity index (χ3v) is 4.57. The van der Waals surface area contributed by atoms with E-state index in [4.69, 9.17) is 10.2 Å². The van der Waals surface area contributed by atoms with Crippen molar-refractivity contribution in [2.75, 3.05) is 6.54 Å². The van der Waals surface area contributed by atoms with E-state index in [1.807, 2.05) is 0 Å². The highest BCUT2D eigenvalue weighted by atomic mass is 32.2. The third kappa shape index (κ3) is 3.10. The average molecular weight is 317 g/mol. The molecule has 0 spiro atoms. The number of hydrogen-bond donors (Lipinski definition) is 3. The molecular weight excluding hydrogens is 306 g/mol. The monoisotopic (exact) mass is 317 g/mol. The van der Waals surface area contributed by atoms with Crippen LogP contribution in [0.3, 0.4) is 0 Å². The Bertz CT molecular complexity index is 710. The van der Waals surface area contributed by atoms with Crippen LogP contribution in [0.15, 0.2) is 31.8 Å². The molecule has 0 aromatic heterocycles. The first-order chi connectivity index (χ1) is 9.42. The molecule has 1 atom stereocenters. The van der Waals surface area contributed by atoms with Crippen LogP contribution in [0.5, 0.6) is 0 Å². The van der Waals surface area contributed by atoms with Crippen LogP contribution in [0.4, 0.5) is 11.4 Å². The molecule has 0 saturated carbocycles. The van der Waals surface area contributed by atoms with Crippen LogP contribution in [0.2, 0.25) is 0 Å². The van der Waals surface area contributed by atoms with Gasteiger partial charge in [-0.3, -0.25) is 0 Å². The Morgan fingerprint density at radius 2 is 2.15 bits per heavy atom. The van der Waals surface area contributed by atoms with Gasteiger partial charge in [0, 0.05) is 6.54 Å². The number of aliphatic hydroxyl groups excluding tert-OH is 1. The molecule has 3 N–H and O–H groups in total. The summed E-state index contributed by atoms with van der Waals surface area (Å²) in [5.74, 6) is -1.39. The molecule has 2 rings (SSSR count). The number of aliphatic carboxylic acids is 1. The normalized spacial score (nSPS) is 14.7. The summed E-state index contributed by atoms with van der Waals surface area (Å²) in [6, 6.07) is 4.58. The van der Waals surface area contributed by atoms with Gasteiger partial charge in [0.15, 0.2) is 6.10 Å². The number of carboxylic acid groups (broad SMARTS) is 1. The smallest absolute Gasteiger partial charge is 0.332 e. The van der Waals surface area contributed by atoms with Crippen molar-refractivity contribution >= 4 is 38.7 Å². The van der Waals surface area contributed by atoms with Crippen molar-refractivity contribution in [1.82, 2.24) is 4.72 Å². The first-order valence-corrected chi connectivity index (χ1v) is 7.75. The van der Waals surface area contributed by atoms with E-state index in [0.717, 1.165) is 11.4 Å². The van der Waals surface area contributed by atoms with E-state index >= 15 is 0 Å². The Morgan fingerprint density at radius 1 is 1.40 bits per heavy atom. The average Bonchev–Trinajstić information content (AvgIpc) is 2.85. The maximum Gasteiger partial charge on any atom is 0.332 e.